The van der Waals surface area contributed by atoms with E-state index in [4.69, 9.17) is 33.5 Å². The summed E-state index contributed by atoms with van der Waals surface area (Å²) in [5, 5.41) is 10.0. The van der Waals surface area contributed by atoms with E-state index in [1.807, 2.05) is 60.4 Å². The van der Waals surface area contributed by atoms with Gasteiger partial charge in [0.05, 0.1) is 18.7 Å². The van der Waals surface area contributed by atoms with Crippen LogP contribution in [-0.4, -0.2) is 99.9 Å². The number of carbonyl (C=O) groups excluding carboxylic acids is 1. The molecule has 2 fully saturated rings. The zero-order chi connectivity index (χ0) is 49.1. The number of nitrogens with one attached hydrogen (secondary N) is 3. The second kappa shape index (κ2) is 22.5. The topological polar surface area (TPSA) is 176 Å². The van der Waals surface area contributed by atoms with E-state index in [9.17, 15) is 13.6 Å². The summed E-state index contributed by atoms with van der Waals surface area (Å²) in [5.74, 6) is 1.30. The van der Waals surface area contributed by atoms with Crippen molar-refractivity contribution in [2.75, 3.05) is 79.4 Å². The van der Waals surface area contributed by atoms with Crippen molar-refractivity contribution in [3.63, 3.8) is 0 Å². The first-order chi connectivity index (χ1) is 34.7. The minimum absolute atomic E-state index is 0.0102. The first-order valence-corrected chi connectivity index (χ1v) is 23.6. The highest BCUT2D eigenvalue weighted by Crippen LogP contribution is 2.37. The number of hydrogen-bond donors (Lipinski definition) is 3. The van der Waals surface area contributed by atoms with Crippen LogP contribution in [0.15, 0.2) is 143 Å². The number of carbonyl (C=O) groups is 1. The Bertz CT molecular complexity index is 2980. The Morgan fingerprint density at radius 2 is 1.04 bits per heavy atom. The SMILES string of the molecule is CCOC(=O)N1CCN(c2nc(-c3ccc(F)cc3)c(-c3ccnc(N[C@@H](C)c4ccccc4)n3)o2)CC1.C[C@H](Nc1nccc(-c2oc(N3CCNCC3)nc2-c2ccc(F)cc2)n1)c1ccccc1. The third-order valence-corrected chi connectivity index (χ3v) is 12.0. The van der Waals surface area contributed by atoms with Gasteiger partial charge in [0, 0.05) is 75.9 Å². The van der Waals surface area contributed by atoms with Gasteiger partial charge in [0.1, 0.15) is 34.4 Å². The van der Waals surface area contributed by atoms with E-state index in [2.05, 4.69) is 49.9 Å². The molecule has 16 nitrogen and oxygen atoms in total. The number of aromatic nitrogens is 6. The number of halogens is 2. The average molecular weight is 961 g/mol. The van der Waals surface area contributed by atoms with Crippen molar-refractivity contribution in [1.29, 1.82) is 0 Å². The molecule has 3 N–H and O–H groups in total. The maximum atomic E-state index is 13.7. The molecule has 2 aliphatic rings. The van der Waals surface area contributed by atoms with Crippen LogP contribution >= 0.6 is 0 Å². The van der Waals surface area contributed by atoms with Crippen LogP contribution in [0.1, 0.15) is 44.0 Å². The summed E-state index contributed by atoms with van der Waals surface area (Å²) in [6, 6.07) is 37.0. The summed E-state index contributed by atoms with van der Waals surface area (Å²) >= 11 is 0. The van der Waals surface area contributed by atoms with Crippen molar-refractivity contribution in [3.8, 4) is 45.4 Å². The highest BCUT2D eigenvalue weighted by molar-refractivity contribution is 5.78. The molecule has 0 aliphatic carbocycles. The van der Waals surface area contributed by atoms with E-state index in [1.165, 1.54) is 24.3 Å². The van der Waals surface area contributed by atoms with Crippen LogP contribution in [0.4, 0.5) is 37.5 Å². The van der Waals surface area contributed by atoms with Crippen LogP contribution < -0.4 is 25.8 Å². The van der Waals surface area contributed by atoms with Crippen LogP contribution in [0.25, 0.3) is 45.4 Å². The fourth-order valence-corrected chi connectivity index (χ4v) is 8.14. The molecule has 6 heterocycles. The van der Waals surface area contributed by atoms with Crippen LogP contribution in [0.3, 0.4) is 0 Å². The summed E-state index contributed by atoms with van der Waals surface area (Å²) in [6.07, 6.45) is 3.04. The quantitative estimate of drug-likeness (QED) is 0.0995. The van der Waals surface area contributed by atoms with Gasteiger partial charge < -0.3 is 44.2 Å². The normalized spacial score (nSPS) is 14.5. The van der Waals surface area contributed by atoms with Crippen molar-refractivity contribution in [2.45, 2.75) is 32.9 Å². The molecule has 0 spiro atoms. The molecule has 0 bridgehead atoms. The second-order valence-corrected chi connectivity index (χ2v) is 16.9. The first-order valence-electron chi connectivity index (χ1n) is 23.6. The summed E-state index contributed by atoms with van der Waals surface area (Å²) in [5.41, 5.74) is 6.05. The molecule has 2 aliphatic heterocycles. The van der Waals surface area contributed by atoms with Gasteiger partial charge in [-0.05, 0) is 92.6 Å². The smallest absolute Gasteiger partial charge is 0.409 e. The van der Waals surface area contributed by atoms with Crippen LogP contribution in [0.2, 0.25) is 0 Å². The second-order valence-electron chi connectivity index (χ2n) is 16.9. The summed E-state index contributed by atoms with van der Waals surface area (Å²) < 4.78 is 44.9. The molecule has 0 radical (unpaired) electrons. The van der Waals surface area contributed by atoms with E-state index in [0.717, 1.165) is 42.9 Å². The van der Waals surface area contributed by atoms with E-state index in [1.54, 1.807) is 60.6 Å². The number of benzene rings is 4. The monoisotopic (exact) mass is 960 g/mol. The fraction of sp³-hybridized carbons (Fsp3) is 0.264. The highest BCUT2D eigenvalue weighted by atomic mass is 19.1. The maximum Gasteiger partial charge on any atom is 0.409 e. The van der Waals surface area contributed by atoms with Crippen molar-refractivity contribution in [1.82, 2.24) is 40.1 Å². The number of ether oxygens (including phenoxy) is 1. The molecule has 8 aromatic rings. The molecule has 0 saturated carbocycles. The summed E-state index contributed by atoms with van der Waals surface area (Å²) in [4.78, 5) is 45.6. The third-order valence-electron chi connectivity index (χ3n) is 12.0. The predicted octanol–water partition coefficient (Wildman–Crippen LogP) is 9.91. The standard InChI is InChI=1S/C28H29FN6O3.C25H25FN6O/c1-3-37-28(36)35-17-15-34(16-18-35)27-33-24(21-9-11-22(29)12-10-21)25(38-27)23-13-14-30-26(32-23)31-19(2)20-7-5-4-6-8-20;1-17(18-5-3-2-4-6-18)29-24-28-12-11-21(30-24)23-22(19-7-9-20(26)10-8-19)31-25(33-23)32-15-13-27-14-16-32/h4-14,19H,3,15-18H2,1-2H3,(H,30,31,32);2-12,17,27H,13-16H2,1H3,(H,28,29,30)/t19-;17-/m00/s1. The number of rotatable bonds is 13. The molecule has 2 saturated heterocycles. The largest absolute Gasteiger partial charge is 0.450 e. The Labute approximate surface area is 410 Å². The van der Waals surface area contributed by atoms with Crippen LogP contribution in [0.5, 0.6) is 0 Å². The van der Waals surface area contributed by atoms with Crippen molar-refractivity contribution in [3.05, 3.63) is 156 Å². The molecule has 2 atom stereocenters. The lowest BCUT2D eigenvalue weighted by Gasteiger charge is -2.33. The predicted molar refractivity (Wildman–Crippen MR) is 269 cm³/mol. The minimum atomic E-state index is -0.336. The number of hydrogen-bond acceptors (Lipinski definition) is 15. The molecule has 4 aromatic carbocycles. The number of anilines is 4. The molecule has 71 heavy (non-hydrogen) atoms. The molecular weight excluding hydrogens is 907 g/mol. The van der Waals surface area contributed by atoms with Crippen molar-refractivity contribution >= 4 is 30.0 Å². The number of nitrogens with zero attached hydrogens (tertiary/aromatic N) is 9. The number of oxazole rings is 2. The Balaban J connectivity index is 0.000000177. The van der Waals surface area contributed by atoms with Gasteiger partial charge >= 0.3 is 6.09 Å². The first kappa shape index (κ1) is 47.8. The molecule has 1 amide bonds. The van der Waals surface area contributed by atoms with Gasteiger partial charge in [-0.15, -0.1) is 0 Å². The van der Waals surface area contributed by atoms with Gasteiger partial charge in [0.15, 0.2) is 11.5 Å². The molecule has 364 valence electrons. The lowest BCUT2D eigenvalue weighted by molar-refractivity contribution is 0.104. The van der Waals surface area contributed by atoms with Gasteiger partial charge in [0.2, 0.25) is 11.9 Å². The minimum Gasteiger partial charge on any atom is -0.450 e. The number of piperazine rings is 2. The lowest BCUT2D eigenvalue weighted by Crippen LogP contribution is -2.49. The van der Waals surface area contributed by atoms with Gasteiger partial charge in [-0.3, -0.25) is 0 Å². The van der Waals surface area contributed by atoms with Crippen LogP contribution in [-0.2, 0) is 4.74 Å². The fourth-order valence-electron chi connectivity index (χ4n) is 8.14. The zero-order valence-electron chi connectivity index (χ0n) is 39.6. The zero-order valence-corrected chi connectivity index (χ0v) is 39.6. The van der Waals surface area contributed by atoms with Gasteiger partial charge in [-0.25, -0.2) is 33.5 Å². The van der Waals surface area contributed by atoms with Gasteiger partial charge in [-0.1, -0.05) is 60.7 Å². The lowest BCUT2D eigenvalue weighted by atomic mass is 10.1. The van der Waals surface area contributed by atoms with E-state index in [0.29, 0.717) is 96.6 Å². The van der Waals surface area contributed by atoms with E-state index in [-0.39, 0.29) is 29.8 Å². The van der Waals surface area contributed by atoms with Gasteiger partial charge in [0.25, 0.3) is 12.0 Å². The van der Waals surface area contributed by atoms with E-state index < -0.39 is 0 Å². The Hall–Kier alpha value is -8.25. The molecular formula is C53H54F2N12O4. The summed E-state index contributed by atoms with van der Waals surface area (Å²) in [6.45, 7) is 11.6. The maximum absolute atomic E-state index is 13.7. The summed E-state index contributed by atoms with van der Waals surface area (Å²) in [7, 11) is 0. The molecule has 4 aromatic heterocycles. The average Bonchev–Trinajstić information content (AvgIpc) is 4.07. The molecule has 18 heteroatoms. The number of amides is 1. The Kier molecular flexibility index (Phi) is 15.1. The molecule has 10 rings (SSSR count). The van der Waals surface area contributed by atoms with Crippen molar-refractivity contribution in [2.24, 2.45) is 0 Å². The van der Waals surface area contributed by atoms with Crippen molar-refractivity contribution < 1.29 is 27.1 Å². The molecule has 0 unspecified atom stereocenters. The van der Waals surface area contributed by atoms with Crippen LogP contribution in [0, 0.1) is 11.6 Å². The van der Waals surface area contributed by atoms with E-state index >= 15 is 0 Å². The Morgan fingerprint density at radius 1 is 0.606 bits per heavy atom. The highest BCUT2D eigenvalue weighted by Gasteiger charge is 2.28. The third kappa shape index (κ3) is 11.8. The Morgan fingerprint density at radius 3 is 1.48 bits per heavy atom. The van der Waals surface area contributed by atoms with Gasteiger partial charge in [-0.2, -0.15) is 9.97 Å².